The number of hydrogen-bond acceptors (Lipinski definition) is 7. The van der Waals surface area contributed by atoms with Crippen molar-refractivity contribution in [2.45, 2.75) is 44.5 Å². The second-order valence-electron chi connectivity index (χ2n) is 11.7. The van der Waals surface area contributed by atoms with Crippen LogP contribution in [0.25, 0.3) is 22.2 Å². The maximum atomic E-state index is 12.6. The Kier molecular flexibility index (Phi) is 7.92. The van der Waals surface area contributed by atoms with Crippen molar-refractivity contribution in [2.24, 2.45) is 5.92 Å². The molecule has 1 aliphatic carbocycles. The van der Waals surface area contributed by atoms with Crippen LogP contribution in [-0.2, 0) is 27.9 Å². The number of anilines is 1. The second-order valence-corrected chi connectivity index (χ2v) is 14.1. The fraction of sp³-hybridized carbons (Fsp3) is 0.452. The quantitative estimate of drug-likeness (QED) is 0.199. The standard InChI is InChI=1S/C31H36N8O2S/c1-22(23-4-5-23)36-30(40)28-7-6-25(17-34-28)38-19-31(20-38,10-11-32)39-18-24(16-35-39)26-8-12-33-29-27(26)9-13-37(29)21-41-14-15-42(2)3/h6-9,12-13,16-18,22-23H,4-5,10,14-15,19-21H2,1-3H3/p+1/t22-/m0/s1. The number of ether oxygens (including phenoxy) is 1. The van der Waals surface area contributed by atoms with Crippen LogP contribution in [0.1, 0.15) is 36.7 Å². The molecule has 11 heteroatoms. The number of carbonyl (C=O) groups is 1. The van der Waals surface area contributed by atoms with Crippen molar-refractivity contribution in [1.29, 1.82) is 5.26 Å². The van der Waals surface area contributed by atoms with Crippen LogP contribution in [0.4, 0.5) is 5.69 Å². The summed E-state index contributed by atoms with van der Waals surface area (Å²) in [5.41, 5.74) is 3.82. The Bertz CT molecular complexity index is 1600. The largest absolute Gasteiger partial charge is 0.365 e. The van der Waals surface area contributed by atoms with Crippen LogP contribution >= 0.6 is 0 Å². The van der Waals surface area contributed by atoms with Gasteiger partial charge in [-0.1, -0.05) is 0 Å². The first kappa shape index (κ1) is 28.2. The molecule has 4 aromatic heterocycles. The highest BCUT2D eigenvalue weighted by Crippen LogP contribution is 2.37. The van der Waals surface area contributed by atoms with E-state index in [4.69, 9.17) is 9.84 Å². The number of nitrogens with one attached hydrogen (secondary N) is 1. The molecular formula is C31H37N8O2S+. The van der Waals surface area contributed by atoms with Gasteiger partial charge >= 0.3 is 0 Å². The van der Waals surface area contributed by atoms with E-state index >= 15 is 0 Å². The van der Waals surface area contributed by atoms with E-state index in [2.05, 4.69) is 51.8 Å². The van der Waals surface area contributed by atoms with Crippen LogP contribution in [0.15, 0.2) is 55.2 Å². The number of aromatic nitrogens is 5. The van der Waals surface area contributed by atoms with E-state index in [9.17, 15) is 10.1 Å². The normalized spacial score (nSPS) is 16.8. The Morgan fingerprint density at radius 1 is 1.21 bits per heavy atom. The number of hydrogen-bond donors (Lipinski definition) is 1. The smallest absolute Gasteiger partial charge is 0.270 e. The molecule has 0 bridgehead atoms. The summed E-state index contributed by atoms with van der Waals surface area (Å²) in [4.78, 5) is 23.8. The highest BCUT2D eigenvalue weighted by Gasteiger charge is 2.46. The van der Waals surface area contributed by atoms with Crippen molar-refractivity contribution in [1.82, 2.24) is 29.6 Å². The first-order valence-corrected chi connectivity index (χ1v) is 16.6. The highest BCUT2D eigenvalue weighted by atomic mass is 32.2. The molecule has 1 saturated heterocycles. The summed E-state index contributed by atoms with van der Waals surface area (Å²) in [6.45, 7) is 4.51. The van der Waals surface area contributed by atoms with Crippen molar-refractivity contribution < 1.29 is 9.53 Å². The number of nitriles is 1. The number of nitrogens with zero attached hydrogens (tertiary/aromatic N) is 7. The molecule has 1 atom stereocenters. The van der Waals surface area contributed by atoms with Crippen LogP contribution in [0.2, 0.25) is 0 Å². The lowest BCUT2D eigenvalue weighted by molar-refractivity contribution is 0.0923. The molecule has 4 aromatic rings. The number of amides is 1. The Morgan fingerprint density at radius 3 is 2.76 bits per heavy atom. The molecule has 0 aromatic carbocycles. The van der Waals surface area contributed by atoms with Gasteiger partial charge in [-0.15, -0.1) is 0 Å². The van der Waals surface area contributed by atoms with Gasteiger partial charge in [-0.25, -0.2) is 9.97 Å². The topological polar surface area (TPSA) is 114 Å². The van der Waals surface area contributed by atoms with Gasteiger partial charge in [0.25, 0.3) is 5.91 Å². The van der Waals surface area contributed by atoms with E-state index in [1.54, 1.807) is 12.3 Å². The molecule has 2 fully saturated rings. The third-order valence-electron chi connectivity index (χ3n) is 8.32. The fourth-order valence-electron chi connectivity index (χ4n) is 5.59. The lowest BCUT2D eigenvalue weighted by atomic mass is 9.86. The maximum Gasteiger partial charge on any atom is 0.270 e. The van der Waals surface area contributed by atoms with E-state index in [1.165, 1.54) is 12.8 Å². The minimum absolute atomic E-state index is 0.132. The third-order valence-corrected chi connectivity index (χ3v) is 9.30. The summed E-state index contributed by atoms with van der Waals surface area (Å²) in [6, 6.07) is 10.3. The molecule has 1 aliphatic heterocycles. The third kappa shape index (κ3) is 5.74. The molecule has 2 aliphatic rings. The number of pyridine rings is 2. The Hall–Kier alpha value is -3.88. The molecule has 1 N–H and O–H groups in total. The van der Waals surface area contributed by atoms with Gasteiger partial charge in [-0.05, 0) is 66.4 Å². The van der Waals surface area contributed by atoms with Crippen LogP contribution < -0.4 is 10.2 Å². The molecule has 6 rings (SSSR count). The molecule has 1 amide bonds. The lowest BCUT2D eigenvalue weighted by Gasteiger charge is -2.50. The minimum Gasteiger partial charge on any atom is -0.365 e. The molecule has 42 heavy (non-hydrogen) atoms. The van der Waals surface area contributed by atoms with E-state index in [1.807, 2.05) is 46.2 Å². The van der Waals surface area contributed by atoms with E-state index in [0.717, 1.165) is 40.2 Å². The zero-order chi connectivity index (χ0) is 29.3. The van der Waals surface area contributed by atoms with Gasteiger partial charge in [0.15, 0.2) is 0 Å². The first-order valence-electron chi connectivity index (χ1n) is 14.4. The predicted octanol–water partition coefficient (Wildman–Crippen LogP) is 3.80. The zero-order valence-corrected chi connectivity index (χ0v) is 25.2. The average molecular weight is 586 g/mol. The van der Waals surface area contributed by atoms with Gasteiger partial charge in [-0.2, -0.15) is 10.4 Å². The van der Waals surface area contributed by atoms with Gasteiger partial charge in [0.1, 0.15) is 29.4 Å². The first-order chi connectivity index (χ1) is 20.4. The molecular weight excluding hydrogens is 548 g/mol. The fourth-order valence-corrected chi connectivity index (χ4v) is 6.04. The molecule has 0 spiro atoms. The van der Waals surface area contributed by atoms with Crippen LogP contribution in [0, 0.1) is 17.2 Å². The monoisotopic (exact) mass is 585 g/mol. The van der Waals surface area contributed by atoms with Gasteiger partial charge in [0.05, 0.1) is 49.7 Å². The van der Waals surface area contributed by atoms with Gasteiger partial charge in [-0.3, -0.25) is 9.48 Å². The average Bonchev–Trinajstić information content (AvgIpc) is 3.56. The highest BCUT2D eigenvalue weighted by molar-refractivity contribution is 7.95. The SMILES string of the molecule is C[C@H](NC(=O)c1ccc(N2CC(CC#N)(n3cc(-c4ccnc5c4ccn5COCC[S+](C)C)cn3)C2)cn1)C1CC1. The molecule has 5 heterocycles. The Labute approximate surface area is 249 Å². The number of rotatable bonds is 12. The van der Waals surface area contributed by atoms with Gasteiger partial charge in [0, 0.05) is 48.7 Å². The lowest BCUT2D eigenvalue weighted by Crippen LogP contribution is -2.63. The van der Waals surface area contributed by atoms with E-state index in [0.29, 0.717) is 48.7 Å². The van der Waals surface area contributed by atoms with Crippen LogP contribution in [-0.4, -0.2) is 74.2 Å². The van der Waals surface area contributed by atoms with E-state index < -0.39 is 5.54 Å². The second kappa shape index (κ2) is 11.8. The molecule has 218 valence electrons. The molecule has 0 unspecified atom stereocenters. The summed E-state index contributed by atoms with van der Waals surface area (Å²) in [5.74, 6) is 1.51. The number of carbonyl (C=O) groups excluding carboxylic acids is 1. The van der Waals surface area contributed by atoms with Crippen LogP contribution in [0.5, 0.6) is 0 Å². The Balaban J connectivity index is 1.14. The van der Waals surface area contributed by atoms with Crippen LogP contribution in [0.3, 0.4) is 0 Å². The molecule has 10 nitrogen and oxygen atoms in total. The Morgan fingerprint density at radius 2 is 2.05 bits per heavy atom. The van der Waals surface area contributed by atoms with Crippen molar-refractivity contribution in [3.05, 3.63) is 60.9 Å². The van der Waals surface area contributed by atoms with Crippen molar-refractivity contribution in [3.63, 3.8) is 0 Å². The molecule has 1 saturated carbocycles. The van der Waals surface area contributed by atoms with E-state index in [-0.39, 0.29) is 11.9 Å². The summed E-state index contributed by atoms with van der Waals surface area (Å²) in [6.07, 6.45) is 16.6. The zero-order valence-electron chi connectivity index (χ0n) is 24.4. The van der Waals surface area contributed by atoms with Gasteiger partial charge in [0.2, 0.25) is 0 Å². The van der Waals surface area contributed by atoms with Crippen molar-refractivity contribution >= 4 is 33.5 Å². The summed E-state index contributed by atoms with van der Waals surface area (Å²) in [7, 11) is 0.360. The summed E-state index contributed by atoms with van der Waals surface area (Å²) in [5, 5.41) is 18.5. The number of fused-ring (bicyclic) bond motifs is 1. The van der Waals surface area contributed by atoms with Crippen molar-refractivity contribution in [2.75, 3.05) is 42.9 Å². The van der Waals surface area contributed by atoms with Gasteiger partial charge < -0.3 is 19.5 Å². The summed E-state index contributed by atoms with van der Waals surface area (Å²) >= 11 is 0. The predicted molar refractivity (Wildman–Crippen MR) is 165 cm³/mol. The maximum absolute atomic E-state index is 12.6. The molecule has 0 radical (unpaired) electrons. The summed E-state index contributed by atoms with van der Waals surface area (Å²) < 4.78 is 9.86. The minimum atomic E-state index is -0.439. The van der Waals surface area contributed by atoms with Crippen molar-refractivity contribution in [3.8, 4) is 17.2 Å².